The van der Waals surface area contributed by atoms with Crippen LogP contribution >= 0.6 is 0 Å². The Morgan fingerprint density at radius 2 is 1.48 bits per heavy atom. The summed E-state index contributed by atoms with van der Waals surface area (Å²) in [4.78, 5) is 45.3. The van der Waals surface area contributed by atoms with Crippen molar-refractivity contribution < 1.29 is 43.2 Å². The minimum absolute atomic E-state index is 0.320. The van der Waals surface area contributed by atoms with Gasteiger partial charge in [-0.2, -0.15) is 0 Å². The van der Waals surface area contributed by atoms with Crippen LogP contribution in [0.25, 0.3) is 0 Å². The van der Waals surface area contributed by atoms with Crippen molar-refractivity contribution in [1.29, 1.82) is 0 Å². The standard InChI is InChI=1S/C16H24O9/c1-10(2)14(20)24-9-25-15(21)13(19)16(3,4)8-23-12(18)7-6-11(17)22-5/h6-7,10,13,19H,8-9H2,1-5H3/b7-6+/t13-/m0/s1. The van der Waals surface area contributed by atoms with E-state index in [9.17, 15) is 24.3 Å². The smallest absolute Gasteiger partial charge is 0.338 e. The van der Waals surface area contributed by atoms with Crippen molar-refractivity contribution in [2.45, 2.75) is 33.8 Å². The molecule has 0 saturated heterocycles. The minimum Gasteiger partial charge on any atom is -0.466 e. The minimum atomic E-state index is -1.62. The highest BCUT2D eigenvalue weighted by Crippen LogP contribution is 2.22. The van der Waals surface area contributed by atoms with Crippen LogP contribution in [0.3, 0.4) is 0 Å². The lowest BCUT2D eigenvalue weighted by Gasteiger charge is -2.28. The average Bonchev–Trinajstić information content (AvgIpc) is 2.56. The Morgan fingerprint density at radius 1 is 0.960 bits per heavy atom. The van der Waals surface area contributed by atoms with Crippen molar-refractivity contribution in [2.24, 2.45) is 11.3 Å². The summed E-state index contributed by atoms with van der Waals surface area (Å²) >= 11 is 0. The molecular weight excluding hydrogens is 336 g/mol. The van der Waals surface area contributed by atoms with Gasteiger partial charge in [0.25, 0.3) is 0 Å². The number of aliphatic hydroxyl groups excluding tert-OH is 1. The van der Waals surface area contributed by atoms with Gasteiger partial charge in [0.1, 0.15) is 0 Å². The zero-order valence-corrected chi connectivity index (χ0v) is 14.9. The summed E-state index contributed by atoms with van der Waals surface area (Å²) in [5.74, 6) is -3.52. The summed E-state index contributed by atoms with van der Waals surface area (Å²) in [6.45, 7) is 5.23. The molecule has 0 bridgehead atoms. The zero-order valence-electron chi connectivity index (χ0n) is 14.9. The number of methoxy groups -OCH3 is 1. The number of hydrogen-bond acceptors (Lipinski definition) is 9. The molecule has 0 rings (SSSR count). The first kappa shape index (κ1) is 22.6. The van der Waals surface area contributed by atoms with Gasteiger partial charge in [-0.1, -0.05) is 27.7 Å². The lowest BCUT2D eigenvalue weighted by molar-refractivity contribution is -0.181. The number of aliphatic hydroxyl groups is 1. The molecule has 0 aromatic rings. The first-order valence-electron chi connectivity index (χ1n) is 7.45. The van der Waals surface area contributed by atoms with E-state index in [1.165, 1.54) is 13.8 Å². The van der Waals surface area contributed by atoms with Gasteiger partial charge in [0, 0.05) is 17.6 Å². The largest absolute Gasteiger partial charge is 0.466 e. The lowest BCUT2D eigenvalue weighted by atomic mass is 9.87. The molecule has 9 heteroatoms. The second-order valence-electron chi connectivity index (χ2n) is 6.05. The van der Waals surface area contributed by atoms with Gasteiger partial charge >= 0.3 is 23.9 Å². The molecule has 25 heavy (non-hydrogen) atoms. The van der Waals surface area contributed by atoms with Gasteiger partial charge in [0.05, 0.1) is 19.6 Å². The quantitative estimate of drug-likeness (QED) is 0.268. The highest BCUT2D eigenvalue weighted by atomic mass is 16.7. The van der Waals surface area contributed by atoms with Crippen LogP contribution < -0.4 is 0 Å². The summed E-state index contributed by atoms with van der Waals surface area (Å²) < 4.78 is 18.5. The number of esters is 4. The molecule has 1 N–H and O–H groups in total. The van der Waals surface area contributed by atoms with Crippen LogP contribution in [-0.4, -0.2) is 55.6 Å². The zero-order chi connectivity index (χ0) is 19.6. The van der Waals surface area contributed by atoms with E-state index < -0.39 is 42.2 Å². The molecule has 0 fully saturated rings. The molecule has 0 radical (unpaired) electrons. The highest BCUT2D eigenvalue weighted by molar-refractivity contribution is 5.91. The van der Waals surface area contributed by atoms with E-state index in [1.807, 2.05) is 0 Å². The molecule has 0 heterocycles. The lowest BCUT2D eigenvalue weighted by Crippen LogP contribution is -2.41. The van der Waals surface area contributed by atoms with E-state index in [0.29, 0.717) is 0 Å². The monoisotopic (exact) mass is 360 g/mol. The molecule has 0 aliphatic heterocycles. The third-order valence-electron chi connectivity index (χ3n) is 2.98. The van der Waals surface area contributed by atoms with Crippen molar-refractivity contribution in [1.82, 2.24) is 0 Å². The second kappa shape index (κ2) is 10.4. The number of rotatable bonds is 9. The van der Waals surface area contributed by atoms with Crippen molar-refractivity contribution >= 4 is 23.9 Å². The van der Waals surface area contributed by atoms with E-state index >= 15 is 0 Å². The summed E-state index contributed by atoms with van der Waals surface area (Å²) in [6.07, 6.45) is 0.115. The predicted octanol–water partition coefficient (Wildman–Crippen LogP) is 0.346. The van der Waals surface area contributed by atoms with E-state index in [-0.39, 0.29) is 12.5 Å². The molecule has 0 aliphatic rings. The fourth-order valence-electron chi connectivity index (χ4n) is 1.30. The molecule has 0 aromatic heterocycles. The van der Waals surface area contributed by atoms with Gasteiger partial charge in [-0.3, -0.25) is 4.79 Å². The molecule has 0 saturated carbocycles. The fourth-order valence-corrected chi connectivity index (χ4v) is 1.30. The maximum absolute atomic E-state index is 11.8. The molecule has 0 aromatic carbocycles. The van der Waals surface area contributed by atoms with Gasteiger partial charge in [0.15, 0.2) is 6.10 Å². The van der Waals surface area contributed by atoms with Crippen molar-refractivity contribution in [3.05, 3.63) is 12.2 Å². The Morgan fingerprint density at radius 3 is 2.00 bits per heavy atom. The number of carbonyl (C=O) groups excluding carboxylic acids is 4. The summed E-state index contributed by atoms with van der Waals surface area (Å²) in [6, 6.07) is 0. The maximum atomic E-state index is 11.8. The van der Waals surface area contributed by atoms with Gasteiger partial charge in [-0.05, 0) is 0 Å². The molecule has 0 aliphatic carbocycles. The molecule has 1 atom stereocenters. The Bertz CT molecular complexity index is 520. The van der Waals surface area contributed by atoms with Gasteiger partial charge in [-0.15, -0.1) is 0 Å². The summed E-state index contributed by atoms with van der Waals surface area (Å²) in [7, 11) is 1.15. The molecular formula is C16H24O9. The third-order valence-corrected chi connectivity index (χ3v) is 2.98. The first-order valence-corrected chi connectivity index (χ1v) is 7.45. The van der Waals surface area contributed by atoms with Crippen LogP contribution in [0.4, 0.5) is 0 Å². The molecule has 0 spiro atoms. The molecule has 0 amide bonds. The van der Waals surface area contributed by atoms with E-state index in [4.69, 9.17) is 4.74 Å². The number of hydrogen-bond donors (Lipinski definition) is 1. The topological polar surface area (TPSA) is 125 Å². The average molecular weight is 360 g/mol. The molecule has 142 valence electrons. The Kier molecular flexibility index (Phi) is 9.43. The fraction of sp³-hybridized carbons (Fsp3) is 0.625. The maximum Gasteiger partial charge on any atom is 0.338 e. The van der Waals surface area contributed by atoms with Crippen molar-refractivity contribution in [3.63, 3.8) is 0 Å². The van der Waals surface area contributed by atoms with Gasteiger partial charge in [0.2, 0.25) is 6.79 Å². The Hall–Kier alpha value is -2.42. The van der Waals surface area contributed by atoms with Crippen molar-refractivity contribution in [2.75, 3.05) is 20.5 Å². The van der Waals surface area contributed by atoms with E-state index in [1.54, 1.807) is 13.8 Å². The van der Waals surface area contributed by atoms with Crippen molar-refractivity contribution in [3.8, 4) is 0 Å². The third kappa shape index (κ3) is 8.85. The second-order valence-corrected chi connectivity index (χ2v) is 6.05. The van der Waals surface area contributed by atoms with Crippen LogP contribution in [-0.2, 0) is 38.1 Å². The predicted molar refractivity (Wildman–Crippen MR) is 83.8 cm³/mol. The van der Waals surface area contributed by atoms with E-state index in [2.05, 4.69) is 14.2 Å². The SMILES string of the molecule is COC(=O)/C=C/C(=O)OCC(C)(C)[C@@H](O)C(=O)OCOC(=O)C(C)C. The number of ether oxygens (including phenoxy) is 4. The summed E-state index contributed by atoms with van der Waals surface area (Å²) in [5.41, 5.74) is -1.17. The Labute approximate surface area is 145 Å². The van der Waals surface area contributed by atoms with Crippen LogP contribution in [0.1, 0.15) is 27.7 Å². The first-order chi connectivity index (χ1) is 11.5. The van der Waals surface area contributed by atoms with Crippen LogP contribution in [0.15, 0.2) is 12.2 Å². The van der Waals surface area contributed by atoms with Crippen LogP contribution in [0, 0.1) is 11.3 Å². The van der Waals surface area contributed by atoms with Gasteiger partial charge in [-0.25, -0.2) is 14.4 Å². The molecule has 0 unspecified atom stereocenters. The highest BCUT2D eigenvalue weighted by Gasteiger charge is 2.36. The summed E-state index contributed by atoms with van der Waals surface area (Å²) in [5, 5.41) is 9.99. The van der Waals surface area contributed by atoms with Gasteiger partial charge < -0.3 is 24.1 Å². The van der Waals surface area contributed by atoms with Crippen LogP contribution in [0.2, 0.25) is 0 Å². The molecule has 9 nitrogen and oxygen atoms in total. The number of carbonyl (C=O) groups is 4. The van der Waals surface area contributed by atoms with Crippen LogP contribution in [0.5, 0.6) is 0 Å². The van der Waals surface area contributed by atoms with E-state index in [0.717, 1.165) is 19.3 Å². The Balaban J connectivity index is 4.42. The normalized spacial score (nSPS) is 12.6.